The molecule has 188 valence electrons. The molecule has 0 saturated heterocycles. The number of ketones is 1. The molecule has 0 bridgehead atoms. The Labute approximate surface area is 221 Å². The van der Waals surface area contributed by atoms with Crippen LogP contribution in [0.3, 0.4) is 0 Å². The molecule has 37 heavy (non-hydrogen) atoms. The number of dihydropyridines is 1. The summed E-state index contributed by atoms with van der Waals surface area (Å²) in [5.74, 6) is -0.282. The number of nitrogens with zero attached hydrogens (tertiary/aromatic N) is 1. The highest BCUT2D eigenvalue weighted by atomic mass is 35.5. The molecule has 6 nitrogen and oxygen atoms in total. The fourth-order valence-corrected chi connectivity index (χ4v) is 5.17. The first kappa shape index (κ1) is 24.8. The second-order valence-electron chi connectivity index (χ2n) is 9.15. The van der Waals surface area contributed by atoms with Crippen LogP contribution in [0, 0.1) is 0 Å². The number of carbonyl (C=O) groups excluding carboxylic acids is 2. The summed E-state index contributed by atoms with van der Waals surface area (Å²) in [6.45, 7) is 2.16. The number of para-hydroxylation sites is 1. The Morgan fingerprint density at radius 1 is 1.00 bits per heavy atom. The Morgan fingerprint density at radius 3 is 2.51 bits per heavy atom. The van der Waals surface area contributed by atoms with Crippen molar-refractivity contribution < 1.29 is 19.1 Å². The Hall–Kier alpha value is -3.90. The van der Waals surface area contributed by atoms with E-state index in [4.69, 9.17) is 21.1 Å². The van der Waals surface area contributed by atoms with Crippen molar-refractivity contribution in [3.8, 4) is 5.75 Å². The maximum Gasteiger partial charge on any atom is 0.336 e. The predicted octanol–water partition coefficient (Wildman–Crippen LogP) is 5.72. The van der Waals surface area contributed by atoms with Gasteiger partial charge in [-0.3, -0.25) is 9.78 Å². The fraction of sp³-hybridized carbons (Fsp3) is 0.233. The van der Waals surface area contributed by atoms with Gasteiger partial charge in [0.25, 0.3) is 0 Å². The largest absolute Gasteiger partial charge is 0.490 e. The number of hydrogen-bond acceptors (Lipinski definition) is 6. The number of aromatic nitrogens is 1. The summed E-state index contributed by atoms with van der Waals surface area (Å²) in [5.41, 5.74) is 4.38. The lowest BCUT2D eigenvalue weighted by molar-refractivity contribution is -0.140. The second-order valence-corrected chi connectivity index (χ2v) is 9.59. The summed E-state index contributed by atoms with van der Waals surface area (Å²) < 4.78 is 11.3. The van der Waals surface area contributed by atoms with Gasteiger partial charge in [0, 0.05) is 46.7 Å². The zero-order valence-electron chi connectivity index (χ0n) is 20.4. The SMILES string of the molecule is CC1=C(C(=O)OCCOc2ccccc2)C(c2cccnc2)C2=C(CC(c3ccc(Cl)cc3)CC2=O)N1. The molecule has 0 saturated carbocycles. The van der Waals surface area contributed by atoms with E-state index in [9.17, 15) is 9.59 Å². The van der Waals surface area contributed by atoms with Crippen molar-refractivity contribution in [1.82, 2.24) is 10.3 Å². The van der Waals surface area contributed by atoms with Gasteiger partial charge in [-0.15, -0.1) is 0 Å². The molecule has 3 aromatic rings. The van der Waals surface area contributed by atoms with E-state index in [2.05, 4.69) is 10.3 Å². The number of nitrogens with one attached hydrogen (secondary N) is 1. The van der Waals surface area contributed by atoms with Crippen molar-refractivity contribution in [3.63, 3.8) is 0 Å². The molecule has 2 unspecified atom stereocenters. The van der Waals surface area contributed by atoms with Crippen molar-refractivity contribution in [2.45, 2.75) is 31.6 Å². The van der Waals surface area contributed by atoms with Gasteiger partial charge in [-0.25, -0.2) is 4.79 Å². The van der Waals surface area contributed by atoms with Gasteiger partial charge in [0.1, 0.15) is 19.0 Å². The third-order valence-electron chi connectivity index (χ3n) is 6.74. The Kier molecular flexibility index (Phi) is 7.37. The smallest absolute Gasteiger partial charge is 0.336 e. The number of Topliss-reactive ketones (excluding diaryl/α,β-unsaturated/α-hetero) is 1. The van der Waals surface area contributed by atoms with Gasteiger partial charge in [0.2, 0.25) is 0 Å². The maximum atomic E-state index is 13.6. The van der Waals surface area contributed by atoms with Gasteiger partial charge in [-0.1, -0.05) is 48.0 Å². The lowest BCUT2D eigenvalue weighted by Crippen LogP contribution is -2.36. The van der Waals surface area contributed by atoms with Crippen LogP contribution in [-0.2, 0) is 14.3 Å². The van der Waals surface area contributed by atoms with Crippen LogP contribution in [0.2, 0.25) is 5.02 Å². The summed E-state index contributed by atoms with van der Waals surface area (Å²) in [4.78, 5) is 31.2. The number of esters is 1. The number of halogens is 1. The predicted molar refractivity (Wildman–Crippen MR) is 141 cm³/mol. The maximum absolute atomic E-state index is 13.6. The molecule has 2 aromatic carbocycles. The van der Waals surface area contributed by atoms with E-state index in [1.54, 1.807) is 12.4 Å². The topological polar surface area (TPSA) is 77.5 Å². The number of rotatable bonds is 7. The molecule has 1 aliphatic heterocycles. The summed E-state index contributed by atoms with van der Waals surface area (Å²) in [7, 11) is 0. The first-order valence-electron chi connectivity index (χ1n) is 12.3. The summed E-state index contributed by atoms with van der Waals surface area (Å²) in [6.07, 6.45) is 4.39. The van der Waals surface area contributed by atoms with E-state index < -0.39 is 11.9 Å². The molecule has 1 aliphatic carbocycles. The van der Waals surface area contributed by atoms with Gasteiger partial charge in [0.15, 0.2) is 5.78 Å². The molecule has 2 aliphatic rings. The van der Waals surface area contributed by atoms with Gasteiger partial charge in [-0.05, 0) is 60.7 Å². The second kappa shape index (κ2) is 11.0. The van der Waals surface area contributed by atoms with E-state index in [0.29, 0.717) is 40.5 Å². The zero-order chi connectivity index (χ0) is 25.8. The first-order valence-corrected chi connectivity index (χ1v) is 12.6. The highest BCUT2D eigenvalue weighted by Crippen LogP contribution is 2.45. The number of allylic oxidation sites excluding steroid dienone is 3. The van der Waals surface area contributed by atoms with Crippen LogP contribution in [0.4, 0.5) is 0 Å². The van der Waals surface area contributed by atoms with Gasteiger partial charge in [-0.2, -0.15) is 0 Å². The molecule has 0 fully saturated rings. The van der Waals surface area contributed by atoms with Crippen LogP contribution < -0.4 is 10.1 Å². The van der Waals surface area contributed by atoms with Crippen molar-refractivity contribution in [3.05, 3.63) is 118 Å². The standard InChI is InChI=1S/C30H27ClN2O4/c1-19-27(30(35)37-15-14-36-24-7-3-2-4-8-24)28(21-6-5-13-32-18-21)29-25(33-19)16-22(17-26(29)34)20-9-11-23(31)12-10-20/h2-13,18,22,28,33H,14-17H2,1H3. The van der Waals surface area contributed by atoms with Crippen LogP contribution in [-0.4, -0.2) is 30.0 Å². The summed E-state index contributed by atoms with van der Waals surface area (Å²) in [6, 6.07) is 20.7. The van der Waals surface area contributed by atoms with Crippen LogP contribution in [0.15, 0.2) is 102 Å². The average molecular weight is 515 g/mol. The van der Waals surface area contributed by atoms with Crippen LogP contribution in [0.1, 0.15) is 42.7 Å². The number of hydrogen-bond donors (Lipinski definition) is 1. The van der Waals surface area contributed by atoms with E-state index in [-0.39, 0.29) is 24.9 Å². The van der Waals surface area contributed by atoms with E-state index in [1.165, 1.54) is 0 Å². The van der Waals surface area contributed by atoms with Crippen LogP contribution in [0.25, 0.3) is 0 Å². The quantitative estimate of drug-likeness (QED) is 0.321. The molecule has 1 N–H and O–H groups in total. The monoisotopic (exact) mass is 514 g/mol. The molecule has 2 atom stereocenters. The van der Waals surface area contributed by atoms with Crippen LogP contribution >= 0.6 is 11.6 Å². The van der Waals surface area contributed by atoms with Crippen molar-refractivity contribution >= 4 is 23.4 Å². The summed E-state index contributed by atoms with van der Waals surface area (Å²) >= 11 is 6.07. The van der Waals surface area contributed by atoms with Crippen molar-refractivity contribution in [2.24, 2.45) is 0 Å². The van der Waals surface area contributed by atoms with Crippen molar-refractivity contribution in [1.29, 1.82) is 0 Å². The Morgan fingerprint density at radius 2 is 1.78 bits per heavy atom. The first-order chi connectivity index (χ1) is 18.0. The highest BCUT2D eigenvalue weighted by molar-refractivity contribution is 6.30. The minimum atomic E-state index is -0.550. The van der Waals surface area contributed by atoms with Gasteiger partial charge < -0.3 is 14.8 Å². The minimum Gasteiger partial charge on any atom is -0.490 e. The fourth-order valence-electron chi connectivity index (χ4n) is 5.05. The third kappa shape index (κ3) is 5.44. The van der Waals surface area contributed by atoms with Gasteiger partial charge >= 0.3 is 5.97 Å². The Balaban J connectivity index is 1.39. The van der Waals surface area contributed by atoms with E-state index >= 15 is 0 Å². The Bertz CT molecular complexity index is 1350. The van der Waals surface area contributed by atoms with E-state index in [1.807, 2.05) is 73.7 Å². The third-order valence-corrected chi connectivity index (χ3v) is 6.99. The molecule has 0 amide bonds. The summed E-state index contributed by atoms with van der Waals surface area (Å²) in [5, 5.41) is 4.03. The molecule has 1 aromatic heterocycles. The lowest BCUT2D eigenvalue weighted by Gasteiger charge is -2.36. The molecule has 2 heterocycles. The molecular weight excluding hydrogens is 488 g/mol. The zero-order valence-corrected chi connectivity index (χ0v) is 21.2. The van der Waals surface area contributed by atoms with Crippen LogP contribution in [0.5, 0.6) is 5.75 Å². The number of ether oxygens (including phenoxy) is 2. The lowest BCUT2D eigenvalue weighted by atomic mass is 9.72. The van der Waals surface area contributed by atoms with Crippen molar-refractivity contribution in [2.75, 3.05) is 13.2 Å². The molecule has 7 heteroatoms. The molecule has 5 rings (SSSR count). The normalized spacial score (nSPS) is 19.2. The van der Waals surface area contributed by atoms with Gasteiger partial charge in [0.05, 0.1) is 5.57 Å². The number of pyridine rings is 1. The molecule has 0 radical (unpaired) electrons. The molecular formula is C30H27ClN2O4. The average Bonchev–Trinajstić information content (AvgIpc) is 2.91. The number of carbonyl (C=O) groups is 2. The number of benzene rings is 2. The minimum absolute atomic E-state index is 0.00719. The van der Waals surface area contributed by atoms with E-state index in [0.717, 1.165) is 16.8 Å². The highest BCUT2D eigenvalue weighted by Gasteiger charge is 2.41. The molecule has 0 spiro atoms.